The van der Waals surface area contributed by atoms with Gasteiger partial charge < -0.3 is 0 Å². The number of amides is 2. The van der Waals surface area contributed by atoms with Crippen molar-refractivity contribution >= 4 is 23.3 Å². The first-order valence-corrected chi connectivity index (χ1v) is 11.2. The van der Waals surface area contributed by atoms with E-state index >= 15 is 0 Å². The smallest absolute Gasteiger partial charge is 0.238 e. The molecule has 2 bridgehead atoms. The zero-order valence-electron chi connectivity index (χ0n) is 18.0. The van der Waals surface area contributed by atoms with Crippen molar-refractivity contribution in [1.29, 1.82) is 0 Å². The molecule has 3 aliphatic carbocycles. The summed E-state index contributed by atoms with van der Waals surface area (Å²) in [7, 11) is 0. The molecule has 158 valence electrons. The van der Waals surface area contributed by atoms with Gasteiger partial charge in [0.15, 0.2) is 5.78 Å². The molecule has 1 saturated heterocycles. The summed E-state index contributed by atoms with van der Waals surface area (Å²) >= 11 is 0. The normalized spacial score (nSPS) is 27.2. The Kier molecular flexibility index (Phi) is 3.89. The van der Waals surface area contributed by atoms with Gasteiger partial charge in [0.25, 0.3) is 0 Å². The molecule has 3 aromatic carbocycles. The molecule has 0 radical (unpaired) electrons. The predicted molar refractivity (Wildman–Crippen MR) is 122 cm³/mol. The maximum atomic E-state index is 14.0. The molecule has 4 heteroatoms. The van der Waals surface area contributed by atoms with Crippen molar-refractivity contribution in [1.82, 2.24) is 0 Å². The Hall–Kier alpha value is -3.53. The van der Waals surface area contributed by atoms with Crippen molar-refractivity contribution in [3.8, 4) is 0 Å². The molecule has 1 fully saturated rings. The van der Waals surface area contributed by atoms with Gasteiger partial charge in [-0.05, 0) is 47.7 Å². The first kappa shape index (κ1) is 19.2. The van der Waals surface area contributed by atoms with Crippen molar-refractivity contribution in [3.63, 3.8) is 0 Å². The van der Waals surface area contributed by atoms with Crippen LogP contribution in [0.1, 0.15) is 58.8 Å². The first-order valence-electron chi connectivity index (χ1n) is 11.2. The molecule has 1 aliphatic heterocycles. The number of imide groups is 1. The number of anilines is 1. The Morgan fingerprint density at radius 1 is 0.875 bits per heavy atom. The lowest BCUT2D eigenvalue weighted by molar-refractivity contribution is -0.123. The minimum Gasteiger partial charge on any atom is -0.295 e. The lowest BCUT2D eigenvalue weighted by atomic mass is 9.46. The van der Waals surface area contributed by atoms with Crippen molar-refractivity contribution in [3.05, 3.63) is 101 Å². The van der Waals surface area contributed by atoms with Gasteiger partial charge in [0.1, 0.15) is 0 Å². The van der Waals surface area contributed by atoms with Gasteiger partial charge in [0.05, 0.1) is 17.5 Å². The highest BCUT2D eigenvalue weighted by atomic mass is 16.2. The van der Waals surface area contributed by atoms with Gasteiger partial charge in [-0.3, -0.25) is 14.4 Å². The van der Waals surface area contributed by atoms with E-state index in [0.29, 0.717) is 11.3 Å². The van der Waals surface area contributed by atoms with Gasteiger partial charge in [0.2, 0.25) is 11.8 Å². The second-order valence-electron chi connectivity index (χ2n) is 9.10. The number of ketones is 1. The Labute approximate surface area is 186 Å². The second kappa shape index (κ2) is 6.49. The van der Waals surface area contributed by atoms with E-state index in [1.54, 1.807) is 24.3 Å². The third kappa shape index (κ3) is 2.15. The van der Waals surface area contributed by atoms with Gasteiger partial charge >= 0.3 is 0 Å². The number of carbonyl (C=O) groups is 3. The van der Waals surface area contributed by atoms with E-state index in [1.165, 1.54) is 23.0 Å². The molecule has 2 atom stereocenters. The van der Waals surface area contributed by atoms with Crippen molar-refractivity contribution < 1.29 is 14.4 Å². The van der Waals surface area contributed by atoms with Gasteiger partial charge in [0, 0.05) is 16.9 Å². The third-order valence-corrected chi connectivity index (χ3v) is 7.86. The third-order valence-electron chi connectivity index (χ3n) is 7.86. The Morgan fingerprint density at radius 3 is 2.09 bits per heavy atom. The fourth-order valence-electron chi connectivity index (χ4n) is 6.65. The van der Waals surface area contributed by atoms with Crippen molar-refractivity contribution in [2.24, 2.45) is 11.8 Å². The van der Waals surface area contributed by atoms with Gasteiger partial charge in [-0.25, -0.2) is 4.90 Å². The highest BCUT2D eigenvalue weighted by molar-refractivity contribution is 6.24. The van der Waals surface area contributed by atoms with Crippen LogP contribution in [0.2, 0.25) is 0 Å². The average Bonchev–Trinajstić information content (AvgIpc) is 3.10. The highest BCUT2D eigenvalue weighted by Crippen LogP contribution is 2.65. The molecule has 0 aromatic heterocycles. The molecule has 0 saturated carbocycles. The number of Topliss-reactive ketones (excluding diaryl/α,β-unsaturated/α-hetero) is 1. The van der Waals surface area contributed by atoms with E-state index in [2.05, 4.69) is 31.2 Å². The van der Waals surface area contributed by atoms with E-state index in [9.17, 15) is 14.4 Å². The molecule has 2 amide bonds. The molecule has 3 aromatic rings. The second-order valence-corrected chi connectivity index (χ2v) is 9.10. The van der Waals surface area contributed by atoms with E-state index in [-0.39, 0.29) is 23.5 Å². The van der Waals surface area contributed by atoms with Crippen molar-refractivity contribution in [2.45, 2.75) is 31.6 Å². The Morgan fingerprint density at radius 2 is 1.50 bits per heavy atom. The minimum absolute atomic E-state index is 0.0896. The van der Waals surface area contributed by atoms with Crippen LogP contribution in [0.4, 0.5) is 5.69 Å². The molecule has 7 rings (SSSR count). The van der Waals surface area contributed by atoms with Gasteiger partial charge in [-0.15, -0.1) is 0 Å². The topological polar surface area (TPSA) is 54.5 Å². The fourth-order valence-corrected chi connectivity index (χ4v) is 6.65. The maximum Gasteiger partial charge on any atom is 0.238 e. The summed E-state index contributed by atoms with van der Waals surface area (Å²) in [4.78, 5) is 41.2. The van der Waals surface area contributed by atoms with Crippen LogP contribution in [-0.4, -0.2) is 17.6 Å². The summed E-state index contributed by atoms with van der Waals surface area (Å²) in [6.45, 7) is 3.61. The van der Waals surface area contributed by atoms with Crippen LogP contribution < -0.4 is 4.90 Å². The largest absolute Gasteiger partial charge is 0.295 e. The summed E-state index contributed by atoms with van der Waals surface area (Å²) in [5, 5.41) is 0. The van der Waals surface area contributed by atoms with Crippen LogP contribution in [0.25, 0.3) is 0 Å². The summed E-state index contributed by atoms with van der Waals surface area (Å²) in [5.74, 6) is -1.43. The van der Waals surface area contributed by atoms with Crippen LogP contribution in [-0.2, 0) is 15.0 Å². The fraction of sp³-hybridized carbons (Fsp3) is 0.250. The van der Waals surface area contributed by atoms with E-state index in [1.807, 2.05) is 24.3 Å². The quantitative estimate of drug-likeness (QED) is 0.449. The zero-order valence-corrected chi connectivity index (χ0v) is 18.0. The number of benzene rings is 3. The number of rotatable bonds is 3. The number of hydrogen-bond acceptors (Lipinski definition) is 3. The minimum atomic E-state index is -0.535. The van der Waals surface area contributed by atoms with Crippen LogP contribution in [0, 0.1) is 11.8 Å². The molecular formula is C28H23NO3. The predicted octanol–water partition coefficient (Wildman–Crippen LogP) is 4.85. The molecule has 4 aliphatic rings. The number of carbonyl (C=O) groups excluding carboxylic acids is 3. The van der Waals surface area contributed by atoms with E-state index in [0.717, 1.165) is 17.5 Å². The van der Waals surface area contributed by atoms with E-state index < -0.39 is 17.3 Å². The highest BCUT2D eigenvalue weighted by Gasteiger charge is 2.67. The van der Waals surface area contributed by atoms with Gasteiger partial charge in [-0.1, -0.05) is 67.6 Å². The molecule has 0 N–H and O–H groups in total. The zero-order chi connectivity index (χ0) is 22.2. The molecule has 2 unspecified atom stereocenters. The summed E-state index contributed by atoms with van der Waals surface area (Å²) in [6.07, 6.45) is 0.731. The van der Waals surface area contributed by atoms with E-state index in [4.69, 9.17) is 0 Å². The van der Waals surface area contributed by atoms with Crippen LogP contribution in [0.5, 0.6) is 0 Å². The molecule has 0 spiro atoms. The van der Waals surface area contributed by atoms with Crippen molar-refractivity contribution in [2.75, 3.05) is 4.90 Å². The molecular weight excluding hydrogens is 398 g/mol. The molecule has 32 heavy (non-hydrogen) atoms. The number of nitrogens with zero attached hydrogens (tertiary/aromatic N) is 1. The first-order chi connectivity index (χ1) is 15.5. The Bertz CT molecular complexity index is 1280. The summed E-state index contributed by atoms with van der Waals surface area (Å²) in [5.41, 5.74) is 5.12. The molecule has 1 heterocycles. The summed E-state index contributed by atoms with van der Waals surface area (Å²) < 4.78 is 0. The van der Waals surface area contributed by atoms with Gasteiger partial charge in [-0.2, -0.15) is 0 Å². The lowest BCUT2D eigenvalue weighted by Crippen LogP contribution is -2.53. The van der Waals surface area contributed by atoms with Crippen LogP contribution in [0.3, 0.4) is 0 Å². The van der Waals surface area contributed by atoms with Crippen LogP contribution >= 0.6 is 0 Å². The standard InChI is InChI=1S/C28H23NO3/c1-3-28-21-13-6-4-11-19(21)23(20-12-5-7-14-22(20)28)24-25(28)27(32)29(26(24)31)18-10-8-9-17(15-18)16(2)30/h4-15,23-25H,3H2,1-2H3. The van der Waals surface area contributed by atoms with Crippen LogP contribution in [0.15, 0.2) is 72.8 Å². The summed E-state index contributed by atoms with van der Waals surface area (Å²) in [6, 6.07) is 23.5. The maximum absolute atomic E-state index is 14.0. The molecule has 4 nitrogen and oxygen atoms in total. The average molecular weight is 421 g/mol. The Balaban J connectivity index is 1.61. The SMILES string of the molecule is CCC12c3ccccc3C(c3ccccc31)C1C(=O)N(c3cccc(C(C)=O)c3)C(=O)C12. The lowest BCUT2D eigenvalue weighted by Gasteiger charge is -2.54. The number of hydrogen-bond donors (Lipinski definition) is 0. The monoisotopic (exact) mass is 421 g/mol.